The molecule has 0 aromatic heterocycles. The van der Waals surface area contributed by atoms with Crippen molar-refractivity contribution in [2.45, 2.75) is 86.4 Å². The van der Waals surface area contributed by atoms with Crippen LogP contribution < -0.4 is 5.32 Å². The van der Waals surface area contributed by atoms with Gasteiger partial charge in [0.1, 0.15) is 24.4 Å². The predicted octanol–water partition coefficient (Wildman–Crippen LogP) is 2.54. The molecule has 12 nitrogen and oxygen atoms in total. The maximum atomic E-state index is 13.0. The molecule has 220 valence electrons. The fourth-order valence-corrected chi connectivity index (χ4v) is 4.72. The molecule has 1 aliphatic heterocycles. The second kappa shape index (κ2) is 12.4. The Bertz CT molecular complexity index is 891. The molecule has 0 aromatic carbocycles. The first kappa shape index (κ1) is 34.0. The van der Waals surface area contributed by atoms with E-state index in [1.165, 1.54) is 0 Å². The van der Waals surface area contributed by atoms with Crippen molar-refractivity contribution < 1.29 is 52.5 Å². The number of nitrogens with one attached hydrogen (secondary N) is 1. The van der Waals surface area contributed by atoms with E-state index in [0.29, 0.717) is 0 Å². The lowest BCUT2D eigenvalue weighted by Crippen LogP contribution is -2.55. The number of hydrogen-bond donors (Lipinski definition) is 3. The number of rotatable bonds is 9. The molecule has 3 N–H and O–H groups in total. The van der Waals surface area contributed by atoms with Gasteiger partial charge >= 0.3 is 31.5 Å². The van der Waals surface area contributed by atoms with Gasteiger partial charge in [0.15, 0.2) is 0 Å². The average Bonchev–Trinajstić information content (AvgIpc) is 2.75. The van der Waals surface area contributed by atoms with Crippen LogP contribution in [0.25, 0.3) is 0 Å². The van der Waals surface area contributed by atoms with Gasteiger partial charge in [-0.25, -0.2) is 0 Å². The highest BCUT2D eigenvalue weighted by molar-refractivity contribution is 7.53. The molecule has 0 spiro atoms. The molecule has 1 heterocycles. The molecule has 1 rings (SSSR count). The molecule has 0 aliphatic carbocycles. The van der Waals surface area contributed by atoms with Crippen molar-refractivity contribution >= 4 is 31.5 Å². The molecule has 1 aliphatic rings. The first-order valence-corrected chi connectivity index (χ1v) is 14.1. The van der Waals surface area contributed by atoms with E-state index in [-0.39, 0.29) is 19.4 Å². The van der Waals surface area contributed by atoms with Crippen LogP contribution in [0.3, 0.4) is 0 Å². The van der Waals surface area contributed by atoms with E-state index in [1.807, 2.05) is 0 Å². The number of piperidine rings is 1. The standard InChI is InChI=1S/C25H44NO11P/c1-22(2,3)19(28)34-13-25(38(31,32)33,14-35-20(29)23(4,5)6)16-10-11-26-17(12-16)18(27)36-15-37-21(30)24(7,8)9/h16-17,26H,10-15H2,1-9H3,(H2,31,32,33)/t16-,17+/m0/s1. The first-order valence-electron chi connectivity index (χ1n) is 12.5. The molecule has 0 bridgehead atoms. The summed E-state index contributed by atoms with van der Waals surface area (Å²) in [6.07, 6.45) is 0.0747. The molecule has 38 heavy (non-hydrogen) atoms. The molecule has 0 unspecified atom stereocenters. The summed E-state index contributed by atoms with van der Waals surface area (Å²) in [5, 5.41) is 0.832. The monoisotopic (exact) mass is 565 g/mol. The second-order valence-electron chi connectivity index (χ2n) is 12.8. The van der Waals surface area contributed by atoms with E-state index in [2.05, 4.69) is 5.32 Å². The van der Waals surface area contributed by atoms with Crippen LogP contribution >= 0.6 is 7.60 Å². The van der Waals surface area contributed by atoms with Gasteiger partial charge in [0.05, 0.1) is 16.2 Å². The van der Waals surface area contributed by atoms with Gasteiger partial charge in [-0.15, -0.1) is 0 Å². The second-order valence-corrected chi connectivity index (χ2v) is 14.8. The normalized spacial score (nSPS) is 19.3. The highest BCUT2D eigenvalue weighted by Gasteiger charge is 2.57. The summed E-state index contributed by atoms with van der Waals surface area (Å²) >= 11 is 0. The van der Waals surface area contributed by atoms with Crippen molar-refractivity contribution in [2.24, 2.45) is 22.2 Å². The summed E-state index contributed by atoms with van der Waals surface area (Å²) in [7, 11) is -5.11. The molecule has 0 amide bonds. The Hall–Kier alpha value is -2.01. The maximum Gasteiger partial charge on any atom is 0.338 e. The third kappa shape index (κ3) is 9.32. The topological polar surface area (TPSA) is 175 Å². The Morgan fingerprint density at radius 1 is 0.763 bits per heavy atom. The van der Waals surface area contributed by atoms with E-state index in [1.54, 1.807) is 62.3 Å². The van der Waals surface area contributed by atoms with Crippen molar-refractivity contribution in [3.8, 4) is 0 Å². The molecule has 0 aromatic rings. The van der Waals surface area contributed by atoms with Crippen LogP contribution in [-0.2, 0) is 42.7 Å². The van der Waals surface area contributed by atoms with Crippen molar-refractivity contribution in [2.75, 3.05) is 26.6 Å². The highest BCUT2D eigenvalue weighted by Crippen LogP contribution is 2.57. The third-order valence-corrected chi connectivity index (χ3v) is 7.95. The van der Waals surface area contributed by atoms with Gasteiger partial charge in [-0.2, -0.15) is 0 Å². The summed E-state index contributed by atoms with van der Waals surface area (Å²) in [5.41, 5.74) is -2.69. The molecule has 0 radical (unpaired) electrons. The molecule has 1 fully saturated rings. The fraction of sp³-hybridized carbons (Fsp3) is 0.840. The van der Waals surface area contributed by atoms with Crippen LogP contribution in [0.1, 0.15) is 75.2 Å². The number of esters is 4. The van der Waals surface area contributed by atoms with Crippen LogP contribution in [0.2, 0.25) is 0 Å². The lowest BCUT2D eigenvalue weighted by Gasteiger charge is -2.43. The van der Waals surface area contributed by atoms with E-state index < -0.39 is 84.8 Å². The number of ether oxygens (including phenoxy) is 4. The van der Waals surface area contributed by atoms with Crippen LogP contribution in [0.4, 0.5) is 0 Å². The van der Waals surface area contributed by atoms with Crippen LogP contribution in [-0.4, -0.2) is 71.4 Å². The zero-order valence-corrected chi connectivity index (χ0v) is 24.8. The van der Waals surface area contributed by atoms with E-state index in [9.17, 15) is 33.5 Å². The van der Waals surface area contributed by atoms with E-state index in [0.717, 1.165) is 0 Å². The Morgan fingerprint density at radius 3 is 1.58 bits per heavy atom. The Morgan fingerprint density at radius 2 is 1.18 bits per heavy atom. The lowest BCUT2D eigenvalue weighted by atomic mass is 9.81. The number of carbonyl (C=O) groups excluding carboxylic acids is 4. The summed E-state index contributed by atoms with van der Waals surface area (Å²) in [6, 6.07) is -0.996. The summed E-state index contributed by atoms with van der Waals surface area (Å²) < 4.78 is 33.8. The van der Waals surface area contributed by atoms with Crippen molar-refractivity contribution in [3.05, 3.63) is 0 Å². The number of hydrogen-bond acceptors (Lipinski definition) is 10. The van der Waals surface area contributed by atoms with Gasteiger partial charge in [0.2, 0.25) is 6.79 Å². The van der Waals surface area contributed by atoms with Crippen LogP contribution in [0.5, 0.6) is 0 Å². The highest BCUT2D eigenvalue weighted by atomic mass is 31.2. The largest absolute Gasteiger partial charge is 0.464 e. The summed E-state index contributed by atoms with van der Waals surface area (Å²) in [6.45, 7) is 12.6. The number of carbonyl (C=O) groups is 4. The van der Waals surface area contributed by atoms with Crippen molar-refractivity contribution in [1.82, 2.24) is 5.32 Å². The Balaban J connectivity index is 3.21. The molecule has 2 atom stereocenters. The van der Waals surface area contributed by atoms with Crippen molar-refractivity contribution in [3.63, 3.8) is 0 Å². The lowest BCUT2D eigenvalue weighted by molar-refractivity contribution is -0.175. The smallest absolute Gasteiger partial charge is 0.338 e. The van der Waals surface area contributed by atoms with Gasteiger partial charge in [0.25, 0.3) is 0 Å². The van der Waals surface area contributed by atoms with Gasteiger partial charge in [0, 0.05) is 0 Å². The molecule has 0 saturated carbocycles. The molecular weight excluding hydrogens is 521 g/mol. The van der Waals surface area contributed by atoms with Gasteiger partial charge in [-0.05, 0) is 87.6 Å². The van der Waals surface area contributed by atoms with Gasteiger partial charge in [-0.3, -0.25) is 23.7 Å². The minimum absolute atomic E-state index is 0.114. The quantitative estimate of drug-likeness (QED) is 0.161. The Labute approximate surface area is 224 Å². The van der Waals surface area contributed by atoms with Gasteiger partial charge in [-0.1, -0.05) is 0 Å². The fourth-order valence-electron chi connectivity index (χ4n) is 3.54. The first-order chi connectivity index (χ1) is 17.0. The minimum Gasteiger partial charge on any atom is -0.464 e. The van der Waals surface area contributed by atoms with Crippen LogP contribution in [0.15, 0.2) is 0 Å². The van der Waals surface area contributed by atoms with Crippen LogP contribution in [0, 0.1) is 22.2 Å². The maximum absolute atomic E-state index is 13.0. The third-order valence-electron chi connectivity index (χ3n) is 6.16. The zero-order valence-electron chi connectivity index (χ0n) is 23.9. The Kier molecular flexibility index (Phi) is 11.1. The minimum atomic E-state index is -5.11. The SMILES string of the molecule is CC(C)(C)C(=O)OCOC(=O)[C@H]1C[C@@H](C(COC(=O)C(C)(C)C)(COC(=O)C(C)(C)C)P(=O)(O)O)CCN1. The summed E-state index contributed by atoms with van der Waals surface area (Å²) in [5.74, 6) is -3.64. The van der Waals surface area contributed by atoms with Gasteiger partial charge < -0.3 is 34.1 Å². The molecule has 1 saturated heterocycles. The van der Waals surface area contributed by atoms with E-state index >= 15 is 0 Å². The van der Waals surface area contributed by atoms with Crippen molar-refractivity contribution in [1.29, 1.82) is 0 Å². The van der Waals surface area contributed by atoms with E-state index in [4.69, 9.17) is 18.9 Å². The molecular formula is C25H44NO11P. The zero-order chi connectivity index (χ0) is 29.7. The average molecular weight is 566 g/mol. The predicted molar refractivity (Wildman–Crippen MR) is 137 cm³/mol. The molecule has 13 heteroatoms. The summed E-state index contributed by atoms with van der Waals surface area (Å²) in [4.78, 5) is 70.8.